The first-order chi connectivity index (χ1) is 11.7. The molecule has 25 heavy (non-hydrogen) atoms. The number of nitro benzene ring substituents is 1. The zero-order valence-corrected chi connectivity index (χ0v) is 12.6. The van der Waals surface area contributed by atoms with E-state index in [4.69, 9.17) is 0 Å². The van der Waals surface area contributed by atoms with Crippen LogP contribution in [-0.2, 0) is 4.79 Å². The summed E-state index contributed by atoms with van der Waals surface area (Å²) in [7, 11) is 0. The molecule has 0 aromatic heterocycles. The Hall–Kier alpha value is -3.43. The third-order valence-corrected chi connectivity index (χ3v) is 3.03. The number of nitro groups is 1. The number of hydrogen-bond donors (Lipinski definition) is 2. The van der Waals surface area contributed by atoms with E-state index in [2.05, 4.69) is 10.6 Å². The SMILES string of the molecule is CC(=O)Nc1ccc(NC(=O)c2cc([N+](=O)[O-])c(F)c(F)c2F)cc1. The summed E-state index contributed by atoms with van der Waals surface area (Å²) in [6.45, 7) is 1.30. The fourth-order valence-corrected chi connectivity index (χ4v) is 1.93. The van der Waals surface area contributed by atoms with Crippen molar-refractivity contribution in [2.24, 2.45) is 0 Å². The molecule has 0 saturated heterocycles. The predicted molar refractivity (Wildman–Crippen MR) is 81.7 cm³/mol. The maximum Gasteiger partial charge on any atom is 0.308 e. The van der Waals surface area contributed by atoms with Crippen molar-refractivity contribution in [2.45, 2.75) is 6.92 Å². The molecule has 130 valence electrons. The Morgan fingerprint density at radius 2 is 1.48 bits per heavy atom. The highest BCUT2D eigenvalue weighted by Gasteiger charge is 2.28. The van der Waals surface area contributed by atoms with Crippen LogP contribution in [0.5, 0.6) is 0 Å². The van der Waals surface area contributed by atoms with Crippen LogP contribution in [0.4, 0.5) is 30.2 Å². The van der Waals surface area contributed by atoms with Gasteiger partial charge in [0.25, 0.3) is 5.91 Å². The molecular formula is C15H10F3N3O4. The Labute approximate surface area is 138 Å². The van der Waals surface area contributed by atoms with E-state index in [1.54, 1.807) is 0 Å². The van der Waals surface area contributed by atoms with Gasteiger partial charge in [0.05, 0.1) is 10.5 Å². The Kier molecular flexibility index (Phi) is 5.01. The summed E-state index contributed by atoms with van der Waals surface area (Å²) < 4.78 is 40.4. The second-order valence-electron chi connectivity index (χ2n) is 4.85. The van der Waals surface area contributed by atoms with E-state index in [0.717, 1.165) is 0 Å². The van der Waals surface area contributed by atoms with Crippen LogP contribution in [0.2, 0.25) is 0 Å². The molecule has 2 rings (SSSR count). The molecule has 0 aliphatic rings. The number of rotatable bonds is 4. The predicted octanol–water partition coefficient (Wildman–Crippen LogP) is 3.22. The van der Waals surface area contributed by atoms with Crippen molar-refractivity contribution >= 4 is 28.9 Å². The van der Waals surface area contributed by atoms with Crippen molar-refractivity contribution in [3.8, 4) is 0 Å². The topological polar surface area (TPSA) is 101 Å². The number of benzene rings is 2. The van der Waals surface area contributed by atoms with Gasteiger partial charge in [0.1, 0.15) is 0 Å². The Morgan fingerprint density at radius 3 is 1.96 bits per heavy atom. The molecule has 0 aliphatic carbocycles. The minimum Gasteiger partial charge on any atom is -0.326 e. The zero-order chi connectivity index (χ0) is 18.7. The number of nitrogens with one attached hydrogen (secondary N) is 2. The monoisotopic (exact) mass is 353 g/mol. The quantitative estimate of drug-likeness (QED) is 0.500. The molecule has 0 radical (unpaired) electrons. The van der Waals surface area contributed by atoms with Crippen LogP contribution in [-0.4, -0.2) is 16.7 Å². The molecule has 2 aromatic rings. The lowest BCUT2D eigenvalue weighted by Gasteiger charge is -2.08. The molecule has 2 N–H and O–H groups in total. The molecule has 0 spiro atoms. The molecule has 2 amide bonds. The number of nitrogens with zero attached hydrogens (tertiary/aromatic N) is 1. The fourth-order valence-electron chi connectivity index (χ4n) is 1.93. The van der Waals surface area contributed by atoms with Gasteiger partial charge >= 0.3 is 5.69 Å². The Balaban J connectivity index is 2.29. The van der Waals surface area contributed by atoms with Gasteiger partial charge in [-0.3, -0.25) is 19.7 Å². The van der Waals surface area contributed by atoms with Crippen LogP contribution >= 0.6 is 0 Å². The first kappa shape index (κ1) is 17.9. The van der Waals surface area contributed by atoms with Gasteiger partial charge in [-0.15, -0.1) is 0 Å². The third-order valence-electron chi connectivity index (χ3n) is 3.03. The van der Waals surface area contributed by atoms with Gasteiger partial charge < -0.3 is 10.6 Å². The zero-order valence-electron chi connectivity index (χ0n) is 12.6. The molecule has 0 unspecified atom stereocenters. The van der Waals surface area contributed by atoms with Crippen LogP contribution < -0.4 is 10.6 Å². The number of hydrogen-bond acceptors (Lipinski definition) is 4. The second-order valence-corrected chi connectivity index (χ2v) is 4.85. The maximum atomic E-state index is 13.7. The largest absolute Gasteiger partial charge is 0.326 e. The smallest absolute Gasteiger partial charge is 0.308 e. The van der Waals surface area contributed by atoms with E-state index < -0.39 is 39.5 Å². The Morgan fingerprint density at radius 1 is 0.960 bits per heavy atom. The van der Waals surface area contributed by atoms with Crippen LogP contribution in [0, 0.1) is 27.6 Å². The van der Waals surface area contributed by atoms with E-state index in [9.17, 15) is 32.9 Å². The molecule has 0 fully saturated rings. The second kappa shape index (κ2) is 6.99. The van der Waals surface area contributed by atoms with Crippen LogP contribution in [0.3, 0.4) is 0 Å². The minimum absolute atomic E-state index is 0.144. The summed E-state index contributed by atoms with van der Waals surface area (Å²) in [5.74, 6) is -7.45. The van der Waals surface area contributed by atoms with Gasteiger partial charge in [0, 0.05) is 24.4 Å². The summed E-state index contributed by atoms with van der Waals surface area (Å²) in [5, 5.41) is 15.3. The molecule has 0 saturated carbocycles. The van der Waals surface area contributed by atoms with Crippen molar-refractivity contribution in [1.29, 1.82) is 0 Å². The molecule has 2 aromatic carbocycles. The van der Waals surface area contributed by atoms with Crippen LogP contribution in [0.25, 0.3) is 0 Å². The van der Waals surface area contributed by atoms with Gasteiger partial charge in [0.15, 0.2) is 5.82 Å². The van der Waals surface area contributed by atoms with Gasteiger partial charge in [-0.05, 0) is 24.3 Å². The number of carbonyl (C=O) groups excluding carboxylic acids is 2. The van der Waals surface area contributed by atoms with E-state index in [1.165, 1.54) is 31.2 Å². The van der Waals surface area contributed by atoms with Gasteiger partial charge in [-0.1, -0.05) is 0 Å². The van der Waals surface area contributed by atoms with Crippen molar-refractivity contribution in [3.63, 3.8) is 0 Å². The van der Waals surface area contributed by atoms with Crippen molar-refractivity contribution in [1.82, 2.24) is 0 Å². The van der Waals surface area contributed by atoms with Crippen molar-refractivity contribution in [3.05, 3.63) is 63.5 Å². The van der Waals surface area contributed by atoms with E-state index in [-0.39, 0.29) is 11.6 Å². The lowest BCUT2D eigenvalue weighted by atomic mass is 10.1. The molecule has 0 heterocycles. The lowest BCUT2D eigenvalue weighted by Crippen LogP contribution is -2.16. The standard InChI is InChI=1S/C15H10F3N3O4/c1-7(22)19-8-2-4-9(5-3-8)20-15(23)10-6-11(21(24)25)13(17)14(18)12(10)16/h2-6H,1H3,(H,19,22)(H,20,23). The average molecular weight is 353 g/mol. The number of carbonyl (C=O) groups is 2. The number of anilines is 2. The number of amides is 2. The molecule has 0 bridgehead atoms. The average Bonchev–Trinajstić information content (AvgIpc) is 2.53. The van der Waals surface area contributed by atoms with Crippen LogP contribution in [0.1, 0.15) is 17.3 Å². The Bertz CT molecular complexity index is 869. The van der Waals surface area contributed by atoms with Gasteiger partial charge in [-0.25, -0.2) is 8.78 Å². The fraction of sp³-hybridized carbons (Fsp3) is 0.0667. The molecule has 10 heteroatoms. The summed E-state index contributed by atoms with van der Waals surface area (Å²) in [5.41, 5.74) is -1.80. The summed E-state index contributed by atoms with van der Waals surface area (Å²) >= 11 is 0. The van der Waals surface area contributed by atoms with Crippen LogP contribution in [0.15, 0.2) is 30.3 Å². The molecule has 0 atom stereocenters. The van der Waals surface area contributed by atoms with E-state index >= 15 is 0 Å². The summed E-state index contributed by atoms with van der Waals surface area (Å²) in [4.78, 5) is 32.3. The first-order valence-electron chi connectivity index (χ1n) is 6.71. The lowest BCUT2D eigenvalue weighted by molar-refractivity contribution is -0.387. The van der Waals surface area contributed by atoms with Crippen molar-refractivity contribution in [2.75, 3.05) is 10.6 Å². The van der Waals surface area contributed by atoms with Crippen molar-refractivity contribution < 1.29 is 27.7 Å². The highest BCUT2D eigenvalue weighted by molar-refractivity contribution is 6.05. The van der Waals surface area contributed by atoms with E-state index in [0.29, 0.717) is 11.8 Å². The molecule has 7 nitrogen and oxygen atoms in total. The van der Waals surface area contributed by atoms with Gasteiger partial charge in [0.2, 0.25) is 17.5 Å². The van der Waals surface area contributed by atoms with E-state index in [1.807, 2.05) is 0 Å². The minimum atomic E-state index is -2.11. The third kappa shape index (κ3) is 3.91. The highest BCUT2D eigenvalue weighted by Crippen LogP contribution is 2.26. The normalized spacial score (nSPS) is 10.2. The summed E-state index contributed by atoms with van der Waals surface area (Å²) in [6.07, 6.45) is 0. The molecule has 0 aliphatic heterocycles. The highest BCUT2D eigenvalue weighted by atomic mass is 19.2. The number of halogens is 3. The summed E-state index contributed by atoms with van der Waals surface area (Å²) in [6, 6.07) is 5.89. The van der Waals surface area contributed by atoms with Gasteiger partial charge in [-0.2, -0.15) is 4.39 Å². The maximum absolute atomic E-state index is 13.7. The molecular weight excluding hydrogens is 343 g/mol. The first-order valence-corrected chi connectivity index (χ1v) is 6.71.